The minimum Gasteiger partial charge on any atom is -0.378 e. The standard InChI is InChI=1S/C16H19N3O2/c1-10-3-4-11-7-12(5-6-13(11)18-10)16(20)19-14-8-17-9-15(14)21-2/h3-7,14-15,17H,8-9H2,1-2H3,(H,19,20)/t14-,15+/m1/s1. The molecule has 0 unspecified atom stereocenters. The number of aromatic nitrogens is 1. The smallest absolute Gasteiger partial charge is 0.251 e. The average Bonchev–Trinajstić information content (AvgIpc) is 2.93. The zero-order valence-corrected chi connectivity index (χ0v) is 12.2. The van der Waals surface area contributed by atoms with Gasteiger partial charge in [0.15, 0.2) is 0 Å². The Morgan fingerprint density at radius 1 is 1.33 bits per heavy atom. The Morgan fingerprint density at radius 3 is 3.00 bits per heavy atom. The highest BCUT2D eigenvalue weighted by atomic mass is 16.5. The van der Waals surface area contributed by atoms with Gasteiger partial charge in [0.1, 0.15) is 0 Å². The van der Waals surface area contributed by atoms with Gasteiger partial charge in [0.2, 0.25) is 0 Å². The number of nitrogens with zero attached hydrogens (tertiary/aromatic N) is 1. The average molecular weight is 285 g/mol. The summed E-state index contributed by atoms with van der Waals surface area (Å²) in [6.07, 6.45) is 0.0266. The molecule has 0 saturated carbocycles. The van der Waals surface area contributed by atoms with E-state index < -0.39 is 0 Å². The summed E-state index contributed by atoms with van der Waals surface area (Å²) in [7, 11) is 1.67. The predicted octanol–water partition coefficient (Wildman–Crippen LogP) is 1.26. The van der Waals surface area contributed by atoms with Crippen LogP contribution < -0.4 is 10.6 Å². The lowest BCUT2D eigenvalue weighted by molar-refractivity contribution is 0.0780. The van der Waals surface area contributed by atoms with E-state index in [9.17, 15) is 4.79 Å². The number of nitrogens with one attached hydrogen (secondary N) is 2. The Morgan fingerprint density at radius 2 is 2.19 bits per heavy atom. The van der Waals surface area contributed by atoms with Crippen LogP contribution in [0.15, 0.2) is 30.3 Å². The van der Waals surface area contributed by atoms with Crippen LogP contribution in [0, 0.1) is 6.92 Å². The van der Waals surface area contributed by atoms with Gasteiger partial charge in [0, 0.05) is 36.8 Å². The quantitative estimate of drug-likeness (QED) is 0.891. The van der Waals surface area contributed by atoms with Crippen LogP contribution >= 0.6 is 0 Å². The van der Waals surface area contributed by atoms with Crippen molar-refractivity contribution in [3.63, 3.8) is 0 Å². The molecule has 2 N–H and O–H groups in total. The van der Waals surface area contributed by atoms with Crippen LogP contribution in [0.4, 0.5) is 0 Å². The number of methoxy groups -OCH3 is 1. The number of rotatable bonds is 3. The molecule has 2 heterocycles. The molecule has 0 aliphatic carbocycles. The molecule has 5 nitrogen and oxygen atoms in total. The second-order valence-electron chi connectivity index (χ2n) is 5.37. The highest BCUT2D eigenvalue weighted by Gasteiger charge is 2.28. The molecule has 1 fully saturated rings. The molecule has 0 spiro atoms. The van der Waals surface area contributed by atoms with E-state index in [0.29, 0.717) is 5.56 Å². The van der Waals surface area contributed by atoms with Gasteiger partial charge in [0.05, 0.1) is 17.7 Å². The molecule has 1 aromatic heterocycles. The first-order chi connectivity index (χ1) is 10.2. The normalized spacial score (nSPS) is 21.6. The summed E-state index contributed by atoms with van der Waals surface area (Å²) in [6.45, 7) is 3.46. The second kappa shape index (κ2) is 5.79. The number of carbonyl (C=O) groups excluding carboxylic acids is 1. The number of pyridine rings is 1. The third-order valence-electron chi connectivity index (χ3n) is 3.87. The minimum atomic E-state index is -0.0757. The largest absolute Gasteiger partial charge is 0.378 e. The molecular formula is C16H19N3O2. The van der Waals surface area contributed by atoms with E-state index in [4.69, 9.17) is 4.74 Å². The Balaban J connectivity index is 1.79. The molecule has 1 aliphatic rings. The zero-order chi connectivity index (χ0) is 14.8. The Bertz CT molecular complexity index is 672. The van der Waals surface area contributed by atoms with Crippen molar-refractivity contribution in [3.05, 3.63) is 41.6 Å². The van der Waals surface area contributed by atoms with Crippen molar-refractivity contribution < 1.29 is 9.53 Å². The Kier molecular flexibility index (Phi) is 3.86. The van der Waals surface area contributed by atoms with E-state index in [1.165, 1.54) is 0 Å². The van der Waals surface area contributed by atoms with E-state index in [2.05, 4.69) is 15.6 Å². The maximum Gasteiger partial charge on any atom is 0.251 e. The number of hydrogen-bond donors (Lipinski definition) is 2. The maximum absolute atomic E-state index is 12.4. The summed E-state index contributed by atoms with van der Waals surface area (Å²) in [4.78, 5) is 16.8. The van der Waals surface area contributed by atoms with Crippen LogP contribution in [0.5, 0.6) is 0 Å². The van der Waals surface area contributed by atoms with Gasteiger partial charge in [-0.05, 0) is 31.2 Å². The van der Waals surface area contributed by atoms with Crippen LogP contribution in [0.25, 0.3) is 10.9 Å². The lowest BCUT2D eigenvalue weighted by atomic mass is 10.1. The fourth-order valence-corrected chi connectivity index (χ4v) is 2.67. The Labute approximate surface area is 123 Å². The molecule has 0 bridgehead atoms. The zero-order valence-electron chi connectivity index (χ0n) is 12.2. The molecule has 5 heteroatoms. The van der Waals surface area contributed by atoms with Gasteiger partial charge >= 0.3 is 0 Å². The SMILES string of the molecule is CO[C@H]1CNC[C@H]1NC(=O)c1ccc2nc(C)ccc2c1. The van der Waals surface area contributed by atoms with E-state index in [1.807, 2.05) is 37.3 Å². The molecule has 21 heavy (non-hydrogen) atoms. The van der Waals surface area contributed by atoms with Crippen molar-refractivity contribution in [2.24, 2.45) is 0 Å². The van der Waals surface area contributed by atoms with Crippen molar-refractivity contribution >= 4 is 16.8 Å². The van der Waals surface area contributed by atoms with Gasteiger partial charge in [-0.15, -0.1) is 0 Å². The minimum absolute atomic E-state index is 0.00865. The van der Waals surface area contributed by atoms with Crippen LogP contribution in [0.1, 0.15) is 16.1 Å². The van der Waals surface area contributed by atoms with Crippen LogP contribution in [-0.4, -0.2) is 43.2 Å². The summed E-state index contributed by atoms with van der Waals surface area (Å²) in [5, 5.41) is 7.21. The number of fused-ring (bicyclic) bond motifs is 1. The lowest BCUT2D eigenvalue weighted by Crippen LogP contribution is -2.43. The first-order valence-electron chi connectivity index (χ1n) is 7.09. The summed E-state index contributed by atoms with van der Waals surface area (Å²) in [6, 6.07) is 9.53. The molecular weight excluding hydrogens is 266 g/mol. The highest BCUT2D eigenvalue weighted by molar-refractivity contribution is 5.98. The molecule has 2 atom stereocenters. The van der Waals surface area contributed by atoms with Gasteiger partial charge < -0.3 is 15.4 Å². The molecule has 1 aromatic carbocycles. The second-order valence-corrected chi connectivity index (χ2v) is 5.37. The Hall–Kier alpha value is -1.98. The molecule has 2 aromatic rings. The number of hydrogen-bond acceptors (Lipinski definition) is 4. The van der Waals surface area contributed by atoms with Gasteiger partial charge in [-0.2, -0.15) is 0 Å². The summed E-state index contributed by atoms with van der Waals surface area (Å²) in [5.74, 6) is -0.0757. The lowest BCUT2D eigenvalue weighted by Gasteiger charge is -2.18. The first-order valence-corrected chi connectivity index (χ1v) is 7.09. The van der Waals surface area contributed by atoms with Crippen molar-refractivity contribution in [2.45, 2.75) is 19.1 Å². The van der Waals surface area contributed by atoms with Crippen molar-refractivity contribution in [2.75, 3.05) is 20.2 Å². The van der Waals surface area contributed by atoms with Gasteiger partial charge in [-0.25, -0.2) is 0 Å². The van der Waals surface area contributed by atoms with Gasteiger partial charge in [0.25, 0.3) is 5.91 Å². The van der Waals surface area contributed by atoms with Crippen LogP contribution in [0.3, 0.4) is 0 Å². The fourth-order valence-electron chi connectivity index (χ4n) is 2.67. The third-order valence-corrected chi connectivity index (χ3v) is 3.87. The van der Waals surface area contributed by atoms with E-state index >= 15 is 0 Å². The first kappa shape index (κ1) is 14.0. The topological polar surface area (TPSA) is 63.2 Å². The van der Waals surface area contributed by atoms with Gasteiger partial charge in [-0.1, -0.05) is 6.07 Å². The molecule has 0 radical (unpaired) electrons. The number of amides is 1. The summed E-state index contributed by atoms with van der Waals surface area (Å²) < 4.78 is 5.36. The number of benzene rings is 1. The van der Waals surface area contributed by atoms with Crippen molar-refractivity contribution in [3.8, 4) is 0 Å². The summed E-state index contributed by atoms with van der Waals surface area (Å²) in [5.41, 5.74) is 2.53. The highest BCUT2D eigenvalue weighted by Crippen LogP contribution is 2.15. The maximum atomic E-state index is 12.4. The third kappa shape index (κ3) is 2.89. The molecule has 110 valence electrons. The van der Waals surface area contributed by atoms with E-state index in [1.54, 1.807) is 7.11 Å². The van der Waals surface area contributed by atoms with Crippen molar-refractivity contribution in [1.82, 2.24) is 15.6 Å². The summed E-state index contributed by atoms with van der Waals surface area (Å²) >= 11 is 0. The van der Waals surface area contributed by atoms with E-state index in [0.717, 1.165) is 29.7 Å². The van der Waals surface area contributed by atoms with E-state index in [-0.39, 0.29) is 18.1 Å². The van der Waals surface area contributed by atoms with Crippen LogP contribution in [-0.2, 0) is 4.74 Å². The number of carbonyl (C=O) groups is 1. The number of ether oxygens (including phenoxy) is 1. The fraction of sp³-hybridized carbons (Fsp3) is 0.375. The monoisotopic (exact) mass is 285 g/mol. The molecule has 1 aliphatic heterocycles. The molecule has 1 amide bonds. The predicted molar refractivity (Wildman–Crippen MR) is 81.4 cm³/mol. The molecule has 3 rings (SSSR count). The van der Waals surface area contributed by atoms with Crippen LogP contribution in [0.2, 0.25) is 0 Å². The van der Waals surface area contributed by atoms with Crippen molar-refractivity contribution in [1.29, 1.82) is 0 Å². The molecule has 1 saturated heterocycles. The number of aryl methyl sites for hydroxylation is 1. The van der Waals surface area contributed by atoms with Gasteiger partial charge in [-0.3, -0.25) is 9.78 Å².